The predicted octanol–water partition coefficient (Wildman–Crippen LogP) is 2.67. The molecule has 1 N–H and O–H groups in total. The largest absolute Gasteiger partial charge is 0.338 e. The van der Waals surface area contributed by atoms with Gasteiger partial charge < -0.3 is 10.2 Å². The molecule has 2 atom stereocenters. The van der Waals surface area contributed by atoms with Crippen molar-refractivity contribution >= 4 is 17.8 Å². The second kappa shape index (κ2) is 7.34. The third-order valence-corrected chi connectivity index (χ3v) is 6.47. The second-order valence-electron chi connectivity index (χ2n) is 7.91. The van der Waals surface area contributed by atoms with Crippen molar-refractivity contribution in [2.45, 2.75) is 83.2 Å². The highest BCUT2D eigenvalue weighted by molar-refractivity contribution is 6.09. The van der Waals surface area contributed by atoms with E-state index in [2.05, 4.69) is 5.32 Å². The summed E-state index contributed by atoms with van der Waals surface area (Å²) >= 11 is 0. The number of imide groups is 1. The van der Waals surface area contributed by atoms with Crippen LogP contribution in [0.2, 0.25) is 0 Å². The van der Waals surface area contributed by atoms with E-state index >= 15 is 0 Å². The van der Waals surface area contributed by atoms with Crippen LogP contribution in [0.5, 0.6) is 0 Å². The molecule has 1 heterocycles. The van der Waals surface area contributed by atoms with Crippen molar-refractivity contribution in [3.63, 3.8) is 0 Å². The van der Waals surface area contributed by atoms with E-state index in [4.69, 9.17) is 0 Å². The maximum Gasteiger partial charge on any atom is 0.325 e. The van der Waals surface area contributed by atoms with Crippen LogP contribution in [0.3, 0.4) is 0 Å². The van der Waals surface area contributed by atoms with Gasteiger partial charge in [-0.1, -0.05) is 39.0 Å². The van der Waals surface area contributed by atoms with E-state index in [1.54, 1.807) is 0 Å². The minimum Gasteiger partial charge on any atom is -0.338 e. The second-order valence-corrected chi connectivity index (χ2v) is 7.91. The lowest BCUT2D eigenvalue weighted by atomic mass is 9.73. The average molecular weight is 349 g/mol. The minimum atomic E-state index is -0.780. The molecule has 3 fully saturated rings. The first-order valence-electron chi connectivity index (χ1n) is 9.93. The zero-order chi connectivity index (χ0) is 18.0. The Labute approximate surface area is 150 Å². The molecule has 2 aliphatic carbocycles. The molecule has 25 heavy (non-hydrogen) atoms. The van der Waals surface area contributed by atoms with Crippen LogP contribution in [0.15, 0.2) is 0 Å². The number of carbonyl (C=O) groups is 3. The molecule has 0 radical (unpaired) electrons. The fraction of sp³-hybridized carbons (Fsp3) is 0.842. The van der Waals surface area contributed by atoms with Gasteiger partial charge in [0.25, 0.3) is 5.91 Å². The summed E-state index contributed by atoms with van der Waals surface area (Å²) in [5, 5.41) is 2.93. The number of nitrogens with zero attached hydrogens (tertiary/aromatic N) is 2. The third kappa shape index (κ3) is 3.27. The van der Waals surface area contributed by atoms with Crippen molar-refractivity contribution in [1.29, 1.82) is 0 Å². The Kier molecular flexibility index (Phi) is 5.35. The summed E-state index contributed by atoms with van der Waals surface area (Å²) < 4.78 is 0. The van der Waals surface area contributed by atoms with Gasteiger partial charge in [0.05, 0.1) is 0 Å². The molecule has 1 aliphatic heterocycles. The van der Waals surface area contributed by atoms with Gasteiger partial charge in [-0.3, -0.25) is 14.5 Å². The SMILES string of the molecule is CCN(C(=O)CN1C(=O)N[C@@]2(CCCC[C@@H]2C)C1=O)C1CCCCC1. The standard InChI is InChI=1S/C19H31N3O3/c1-3-21(15-10-5-4-6-11-15)16(23)13-22-17(24)19(20-18(22)25)12-8-7-9-14(19)2/h14-15H,3-13H2,1-2H3,(H,20,25)/t14-,19+/m0/s1. The summed E-state index contributed by atoms with van der Waals surface area (Å²) in [5.74, 6) is -0.172. The Hall–Kier alpha value is -1.59. The van der Waals surface area contributed by atoms with Gasteiger partial charge in [-0.05, 0) is 38.5 Å². The molecule has 2 saturated carbocycles. The van der Waals surface area contributed by atoms with E-state index in [-0.39, 0.29) is 30.3 Å². The molecule has 0 aromatic rings. The molecule has 6 heteroatoms. The van der Waals surface area contributed by atoms with Crippen LogP contribution in [0.1, 0.15) is 71.6 Å². The zero-order valence-electron chi connectivity index (χ0n) is 15.6. The topological polar surface area (TPSA) is 69.7 Å². The molecule has 6 nitrogen and oxygen atoms in total. The van der Waals surface area contributed by atoms with Gasteiger partial charge in [0.15, 0.2) is 0 Å². The van der Waals surface area contributed by atoms with Crippen molar-refractivity contribution in [3.05, 3.63) is 0 Å². The molecule has 1 spiro atoms. The summed E-state index contributed by atoms with van der Waals surface area (Å²) in [7, 11) is 0. The van der Waals surface area contributed by atoms with Gasteiger partial charge in [-0.2, -0.15) is 0 Å². The molecule has 0 bridgehead atoms. The first-order chi connectivity index (χ1) is 12.0. The summed E-state index contributed by atoms with van der Waals surface area (Å²) in [5.41, 5.74) is -0.780. The van der Waals surface area contributed by atoms with Crippen LogP contribution in [-0.4, -0.2) is 52.3 Å². The van der Waals surface area contributed by atoms with Gasteiger partial charge in [-0.25, -0.2) is 4.79 Å². The number of rotatable bonds is 4. The summed E-state index contributed by atoms with van der Waals surface area (Å²) in [6, 6.07) is -0.138. The Bertz CT molecular complexity index is 544. The number of carbonyl (C=O) groups excluding carboxylic acids is 3. The molecule has 0 aromatic heterocycles. The monoisotopic (exact) mass is 349 g/mol. The van der Waals surface area contributed by atoms with Crippen LogP contribution >= 0.6 is 0 Å². The number of hydrogen-bond acceptors (Lipinski definition) is 3. The Morgan fingerprint density at radius 2 is 1.84 bits per heavy atom. The molecule has 0 unspecified atom stereocenters. The van der Waals surface area contributed by atoms with E-state index < -0.39 is 11.6 Å². The zero-order valence-corrected chi connectivity index (χ0v) is 15.6. The number of likely N-dealkylation sites (N-methyl/N-ethyl adjacent to an activating group) is 1. The van der Waals surface area contributed by atoms with Crippen molar-refractivity contribution in [1.82, 2.24) is 15.1 Å². The minimum absolute atomic E-state index is 0.0987. The predicted molar refractivity (Wildman–Crippen MR) is 94.9 cm³/mol. The molecule has 140 valence electrons. The van der Waals surface area contributed by atoms with Crippen molar-refractivity contribution in [2.75, 3.05) is 13.1 Å². The highest BCUT2D eigenvalue weighted by Crippen LogP contribution is 2.38. The van der Waals surface area contributed by atoms with Crippen molar-refractivity contribution in [2.24, 2.45) is 5.92 Å². The fourth-order valence-corrected chi connectivity index (χ4v) is 4.90. The normalized spacial score (nSPS) is 30.6. The van der Waals surface area contributed by atoms with E-state index in [1.165, 1.54) is 6.42 Å². The molecular formula is C19H31N3O3. The molecular weight excluding hydrogens is 318 g/mol. The lowest BCUT2D eigenvalue weighted by Gasteiger charge is -2.37. The van der Waals surface area contributed by atoms with Crippen LogP contribution in [-0.2, 0) is 9.59 Å². The van der Waals surface area contributed by atoms with E-state index in [0.29, 0.717) is 13.0 Å². The first-order valence-corrected chi connectivity index (χ1v) is 9.93. The van der Waals surface area contributed by atoms with E-state index in [0.717, 1.165) is 49.8 Å². The van der Waals surface area contributed by atoms with E-state index in [9.17, 15) is 14.4 Å². The lowest BCUT2D eigenvalue weighted by Crippen LogP contribution is -2.54. The molecule has 1 saturated heterocycles. The van der Waals surface area contributed by atoms with Crippen LogP contribution in [0.25, 0.3) is 0 Å². The maximum absolute atomic E-state index is 13.0. The Morgan fingerprint density at radius 3 is 2.48 bits per heavy atom. The van der Waals surface area contributed by atoms with Gasteiger partial charge in [0.2, 0.25) is 5.91 Å². The smallest absolute Gasteiger partial charge is 0.325 e. The summed E-state index contributed by atoms with van der Waals surface area (Å²) in [6.45, 7) is 4.52. The molecule has 3 rings (SSSR count). The van der Waals surface area contributed by atoms with Gasteiger partial charge in [-0.15, -0.1) is 0 Å². The van der Waals surface area contributed by atoms with Crippen molar-refractivity contribution < 1.29 is 14.4 Å². The van der Waals surface area contributed by atoms with Crippen LogP contribution in [0.4, 0.5) is 4.79 Å². The number of urea groups is 1. The first kappa shape index (κ1) is 18.2. The molecule has 4 amide bonds. The number of amides is 4. The summed E-state index contributed by atoms with van der Waals surface area (Å²) in [6.07, 6.45) is 9.26. The lowest BCUT2D eigenvalue weighted by molar-refractivity contribution is -0.142. The fourth-order valence-electron chi connectivity index (χ4n) is 4.90. The number of hydrogen-bond donors (Lipinski definition) is 1. The summed E-state index contributed by atoms with van der Waals surface area (Å²) in [4.78, 5) is 41.3. The van der Waals surface area contributed by atoms with Gasteiger partial charge in [0, 0.05) is 12.6 Å². The number of nitrogens with one attached hydrogen (secondary N) is 1. The quantitative estimate of drug-likeness (QED) is 0.793. The molecule has 3 aliphatic rings. The third-order valence-electron chi connectivity index (χ3n) is 6.47. The van der Waals surface area contributed by atoms with E-state index in [1.807, 2.05) is 18.7 Å². The van der Waals surface area contributed by atoms with Crippen molar-refractivity contribution in [3.8, 4) is 0 Å². The Balaban J connectivity index is 1.70. The van der Waals surface area contributed by atoms with Crippen LogP contribution < -0.4 is 5.32 Å². The van der Waals surface area contributed by atoms with Gasteiger partial charge in [0.1, 0.15) is 12.1 Å². The Morgan fingerprint density at radius 1 is 1.16 bits per heavy atom. The highest BCUT2D eigenvalue weighted by Gasteiger charge is 2.55. The average Bonchev–Trinajstić information content (AvgIpc) is 2.84. The van der Waals surface area contributed by atoms with Gasteiger partial charge >= 0.3 is 6.03 Å². The van der Waals surface area contributed by atoms with Crippen LogP contribution in [0, 0.1) is 5.92 Å². The molecule has 0 aromatic carbocycles. The highest BCUT2D eigenvalue weighted by atomic mass is 16.2. The maximum atomic E-state index is 13.0.